The van der Waals surface area contributed by atoms with Crippen LogP contribution in [0, 0.1) is 0 Å². The third-order valence-corrected chi connectivity index (χ3v) is 4.66. The molecule has 0 heterocycles. The molecule has 0 aliphatic heterocycles. The fourth-order valence-corrected chi connectivity index (χ4v) is 3.32. The van der Waals surface area contributed by atoms with Crippen molar-refractivity contribution >= 4 is 0 Å². The summed E-state index contributed by atoms with van der Waals surface area (Å²) >= 11 is 0. The molecule has 0 radical (unpaired) electrons. The van der Waals surface area contributed by atoms with Crippen molar-refractivity contribution in [3.05, 3.63) is 0 Å². The molecule has 0 unspecified atom stereocenters. The zero-order chi connectivity index (χ0) is 14.3. The highest BCUT2D eigenvalue weighted by molar-refractivity contribution is 4.96. The normalized spacial score (nSPS) is 28.3. The van der Waals surface area contributed by atoms with Crippen molar-refractivity contribution in [2.45, 2.75) is 50.7 Å². The predicted octanol–water partition coefficient (Wildman–Crippen LogP) is 1.55. The molecule has 0 bridgehead atoms. The highest BCUT2D eigenvalue weighted by atomic mass is 16.5. The number of likely N-dealkylation sites (N-methyl/N-ethyl adjacent to an activating group) is 1. The van der Waals surface area contributed by atoms with E-state index in [9.17, 15) is 0 Å². The summed E-state index contributed by atoms with van der Waals surface area (Å²) in [5, 5.41) is 0. The molecule has 0 aromatic rings. The molecule has 1 aliphatic rings. The summed E-state index contributed by atoms with van der Waals surface area (Å²) in [7, 11) is 6.10. The summed E-state index contributed by atoms with van der Waals surface area (Å²) in [5.41, 5.74) is 6.36. The van der Waals surface area contributed by atoms with Gasteiger partial charge in [-0.1, -0.05) is 6.92 Å². The van der Waals surface area contributed by atoms with E-state index in [2.05, 4.69) is 30.8 Å². The van der Waals surface area contributed by atoms with Crippen molar-refractivity contribution in [3.63, 3.8) is 0 Å². The molecule has 0 amide bonds. The van der Waals surface area contributed by atoms with Gasteiger partial charge >= 0.3 is 0 Å². The van der Waals surface area contributed by atoms with E-state index in [1.165, 1.54) is 19.3 Å². The Morgan fingerprint density at radius 1 is 1.21 bits per heavy atom. The largest absolute Gasteiger partial charge is 0.381 e. The van der Waals surface area contributed by atoms with E-state index in [1.54, 1.807) is 0 Å². The van der Waals surface area contributed by atoms with Gasteiger partial charge in [-0.3, -0.25) is 4.90 Å². The molecular weight excluding hydrogens is 238 g/mol. The van der Waals surface area contributed by atoms with Gasteiger partial charge in [0.2, 0.25) is 0 Å². The van der Waals surface area contributed by atoms with Gasteiger partial charge in [0.05, 0.1) is 6.10 Å². The molecule has 0 atom stereocenters. The lowest BCUT2D eigenvalue weighted by atomic mass is 9.78. The van der Waals surface area contributed by atoms with Crippen LogP contribution in [0.15, 0.2) is 0 Å². The summed E-state index contributed by atoms with van der Waals surface area (Å²) in [5.74, 6) is 0. The smallest absolute Gasteiger partial charge is 0.0572 e. The molecule has 1 aliphatic carbocycles. The molecule has 2 N–H and O–H groups in total. The second-order valence-corrected chi connectivity index (χ2v) is 6.10. The Balaban J connectivity index is 2.54. The summed E-state index contributed by atoms with van der Waals surface area (Å²) in [6.07, 6.45) is 6.32. The van der Waals surface area contributed by atoms with E-state index in [0.29, 0.717) is 6.10 Å². The first-order valence-corrected chi connectivity index (χ1v) is 7.70. The summed E-state index contributed by atoms with van der Waals surface area (Å²) in [6.45, 7) is 6.44. The molecule has 0 aromatic heterocycles. The van der Waals surface area contributed by atoms with Gasteiger partial charge in [-0.15, -0.1) is 0 Å². The van der Waals surface area contributed by atoms with Gasteiger partial charge in [0.1, 0.15) is 0 Å². The number of methoxy groups -OCH3 is 1. The fraction of sp³-hybridized carbons (Fsp3) is 1.00. The fourth-order valence-electron chi connectivity index (χ4n) is 3.32. The zero-order valence-corrected chi connectivity index (χ0v) is 13.3. The highest BCUT2D eigenvalue weighted by Crippen LogP contribution is 2.34. The van der Waals surface area contributed by atoms with Crippen LogP contribution in [0.3, 0.4) is 0 Å². The average Bonchev–Trinajstić information content (AvgIpc) is 2.43. The van der Waals surface area contributed by atoms with Gasteiger partial charge < -0.3 is 15.4 Å². The Hall–Kier alpha value is -0.160. The highest BCUT2D eigenvalue weighted by Gasteiger charge is 2.38. The van der Waals surface area contributed by atoms with Crippen molar-refractivity contribution in [2.75, 3.05) is 47.4 Å². The van der Waals surface area contributed by atoms with E-state index in [1.807, 2.05) is 7.11 Å². The monoisotopic (exact) mass is 271 g/mol. The lowest BCUT2D eigenvalue weighted by molar-refractivity contribution is -0.00591. The first-order chi connectivity index (χ1) is 9.07. The van der Waals surface area contributed by atoms with Crippen LogP contribution in [-0.2, 0) is 4.74 Å². The molecular formula is C15H33N3O. The van der Waals surface area contributed by atoms with Crippen LogP contribution in [0.5, 0.6) is 0 Å². The molecule has 4 nitrogen and oxygen atoms in total. The molecule has 1 rings (SSSR count). The lowest BCUT2D eigenvalue weighted by Crippen LogP contribution is -2.56. The minimum Gasteiger partial charge on any atom is -0.381 e. The maximum absolute atomic E-state index is 6.14. The van der Waals surface area contributed by atoms with Gasteiger partial charge in [0, 0.05) is 19.2 Å². The van der Waals surface area contributed by atoms with E-state index in [4.69, 9.17) is 10.5 Å². The topological polar surface area (TPSA) is 41.7 Å². The summed E-state index contributed by atoms with van der Waals surface area (Å²) < 4.78 is 5.49. The molecule has 114 valence electrons. The van der Waals surface area contributed by atoms with Crippen LogP contribution in [0.1, 0.15) is 39.0 Å². The number of hydrogen-bond donors (Lipinski definition) is 1. The van der Waals surface area contributed by atoms with Gasteiger partial charge in [0.15, 0.2) is 0 Å². The maximum Gasteiger partial charge on any atom is 0.0572 e. The summed E-state index contributed by atoms with van der Waals surface area (Å²) in [6, 6.07) is 0. The van der Waals surface area contributed by atoms with Crippen molar-refractivity contribution in [1.29, 1.82) is 0 Å². The maximum atomic E-state index is 6.14. The number of hydrogen-bond acceptors (Lipinski definition) is 4. The Bertz CT molecular complexity index is 238. The molecule has 19 heavy (non-hydrogen) atoms. The van der Waals surface area contributed by atoms with E-state index >= 15 is 0 Å². The predicted molar refractivity (Wildman–Crippen MR) is 81.5 cm³/mol. The van der Waals surface area contributed by atoms with Gasteiger partial charge in [-0.2, -0.15) is 0 Å². The third-order valence-electron chi connectivity index (χ3n) is 4.66. The van der Waals surface area contributed by atoms with Crippen LogP contribution >= 0.6 is 0 Å². The van der Waals surface area contributed by atoms with Crippen molar-refractivity contribution in [3.8, 4) is 0 Å². The number of ether oxygens (including phenoxy) is 1. The molecule has 0 aromatic carbocycles. The van der Waals surface area contributed by atoms with E-state index < -0.39 is 0 Å². The SMILES string of the molecule is CCN(CCCN(C)C)C1(CN)CCC(OC)CC1. The molecule has 4 heteroatoms. The van der Waals surface area contributed by atoms with Crippen LogP contribution in [0.25, 0.3) is 0 Å². The number of rotatable bonds is 8. The number of nitrogens with zero attached hydrogens (tertiary/aromatic N) is 2. The molecule has 0 saturated heterocycles. The Labute approximate surface area is 119 Å². The standard InChI is InChI=1S/C15H33N3O/c1-5-18(12-6-11-17(2)3)15(13-16)9-7-14(19-4)8-10-15/h14H,5-13,16H2,1-4H3. The first kappa shape index (κ1) is 16.9. The molecule has 1 fully saturated rings. The minimum atomic E-state index is 0.218. The Kier molecular flexibility index (Phi) is 7.29. The van der Waals surface area contributed by atoms with Crippen molar-refractivity contribution in [2.24, 2.45) is 5.73 Å². The molecule has 0 spiro atoms. The second-order valence-electron chi connectivity index (χ2n) is 6.10. The minimum absolute atomic E-state index is 0.218. The lowest BCUT2D eigenvalue weighted by Gasteiger charge is -2.47. The zero-order valence-electron chi connectivity index (χ0n) is 13.3. The van der Waals surface area contributed by atoms with Crippen molar-refractivity contribution in [1.82, 2.24) is 9.80 Å². The van der Waals surface area contributed by atoms with Gasteiger partial charge in [-0.05, 0) is 65.8 Å². The van der Waals surface area contributed by atoms with Crippen molar-refractivity contribution < 1.29 is 4.74 Å². The average molecular weight is 271 g/mol. The van der Waals surface area contributed by atoms with Crippen LogP contribution in [0.2, 0.25) is 0 Å². The van der Waals surface area contributed by atoms with Gasteiger partial charge in [-0.25, -0.2) is 0 Å². The Morgan fingerprint density at radius 3 is 2.26 bits per heavy atom. The number of nitrogens with two attached hydrogens (primary N) is 1. The van der Waals surface area contributed by atoms with E-state index in [0.717, 1.165) is 39.0 Å². The quantitative estimate of drug-likeness (QED) is 0.727. The third kappa shape index (κ3) is 4.71. The first-order valence-electron chi connectivity index (χ1n) is 7.70. The Morgan fingerprint density at radius 2 is 1.84 bits per heavy atom. The second kappa shape index (κ2) is 8.20. The summed E-state index contributed by atoms with van der Waals surface area (Å²) in [4.78, 5) is 4.87. The van der Waals surface area contributed by atoms with Crippen LogP contribution < -0.4 is 5.73 Å². The van der Waals surface area contributed by atoms with E-state index in [-0.39, 0.29) is 5.54 Å². The van der Waals surface area contributed by atoms with Gasteiger partial charge in [0.25, 0.3) is 0 Å². The molecule has 1 saturated carbocycles. The van der Waals surface area contributed by atoms with Crippen LogP contribution in [0.4, 0.5) is 0 Å². The van der Waals surface area contributed by atoms with Crippen LogP contribution in [-0.4, -0.2) is 68.8 Å².